The lowest BCUT2D eigenvalue weighted by Crippen LogP contribution is -2.38. The number of ether oxygens (including phenoxy) is 1. The third-order valence-electron chi connectivity index (χ3n) is 4.70. The van der Waals surface area contributed by atoms with Gasteiger partial charge in [0, 0.05) is 20.3 Å². The molecule has 2 aromatic carbocycles. The molecule has 1 aromatic heterocycles. The fourth-order valence-corrected chi connectivity index (χ4v) is 5.59. The highest BCUT2D eigenvalue weighted by molar-refractivity contribution is 7.94. The van der Waals surface area contributed by atoms with Crippen molar-refractivity contribution in [1.29, 1.82) is 0 Å². The number of nitrogens with one attached hydrogen (secondary N) is 2. The summed E-state index contributed by atoms with van der Waals surface area (Å²) in [5, 5.41) is 6.98. The molecule has 0 aliphatic carbocycles. The molecule has 0 atom stereocenters. The van der Waals surface area contributed by atoms with E-state index < -0.39 is 28.3 Å². The van der Waals surface area contributed by atoms with Crippen molar-refractivity contribution in [2.45, 2.75) is 10.6 Å². The van der Waals surface area contributed by atoms with Crippen LogP contribution in [0.25, 0.3) is 0 Å². The van der Waals surface area contributed by atoms with Crippen LogP contribution >= 0.6 is 11.3 Å². The molecule has 0 aliphatic heterocycles. The molecule has 11 heteroatoms. The van der Waals surface area contributed by atoms with Crippen molar-refractivity contribution < 1.29 is 27.1 Å². The molecule has 1 heterocycles. The summed E-state index contributed by atoms with van der Waals surface area (Å²) < 4.78 is 45.7. The smallest absolute Gasteiger partial charge is 0.274 e. The molecule has 3 rings (SSSR count). The van der Waals surface area contributed by atoms with Crippen LogP contribution in [0.4, 0.5) is 15.8 Å². The molecule has 2 N–H and O–H groups in total. The second kappa shape index (κ2) is 11.7. The lowest BCUT2D eigenvalue weighted by Gasteiger charge is -2.23. The maximum atomic E-state index is 13.4. The summed E-state index contributed by atoms with van der Waals surface area (Å²) in [6, 6.07) is 14.2. The van der Waals surface area contributed by atoms with Crippen LogP contribution in [0.5, 0.6) is 0 Å². The fraction of sp³-hybridized carbons (Fsp3) is 0.217. The Bertz CT molecular complexity index is 1220. The topological polar surface area (TPSA) is 105 Å². The zero-order valence-electron chi connectivity index (χ0n) is 18.4. The van der Waals surface area contributed by atoms with Crippen LogP contribution in [0, 0.1) is 5.82 Å². The molecule has 0 unspecified atom stereocenters. The molecule has 0 saturated carbocycles. The third kappa shape index (κ3) is 6.40. The number of para-hydroxylation sites is 1. The number of carbonyl (C=O) groups excluding carboxylic acids is 2. The van der Waals surface area contributed by atoms with Crippen LogP contribution in [-0.4, -0.2) is 47.0 Å². The Hall–Kier alpha value is -3.28. The number of methoxy groups -OCH3 is 1. The van der Waals surface area contributed by atoms with E-state index in [1.807, 2.05) is 0 Å². The number of thiophene rings is 1. The van der Waals surface area contributed by atoms with Gasteiger partial charge in [-0.15, -0.1) is 11.3 Å². The van der Waals surface area contributed by atoms with Gasteiger partial charge in [-0.05, 0) is 54.3 Å². The maximum absolute atomic E-state index is 13.4. The maximum Gasteiger partial charge on any atom is 0.274 e. The zero-order chi connectivity index (χ0) is 24.6. The van der Waals surface area contributed by atoms with Gasteiger partial charge < -0.3 is 15.4 Å². The molecule has 8 nitrogen and oxygen atoms in total. The van der Waals surface area contributed by atoms with E-state index >= 15 is 0 Å². The molecule has 0 radical (unpaired) electrons. The van der Waals surface area contributed by atoms with Crippen LogP contribution in [0.1, 0.15) is 16.8 Å². The van der Waals surface area contributed by atoms with Gasteiger partial charge >= 0.3 is 0 Å². The number of sulfonamides is 1. The first-order valence-electron chi connectivity index (χ1n) is 10.3. The van der Waals surface area contributed by atoms with Crippen molar-refractivity contribution in [2.75, 3.05) is 36.4 Å². The van der Waals surface area contributed by atoms with Gasteiger partial charge in [-0.1, -0.05) is 18.2 Å². The van der Waals surface area contributed by atoms with Gasteiger partial charge in [-0.25, -0.2) is 12.8 Å². The minimum Gasteiger partial charge on any atom is -0.385 e. The van der Waals surface area contributed by atoms with Gasteiger partial charge in [-0.2, -0.15) is 0 Å². The first-order chi connectivity index (χ1) is 16.3. The molecule has 0 aliphatic rings. The quantitative estimate of drug-likeness (QED) is 0.388. The first kappa shape index (κ1) is 25.3. The number of hydrogen-bond donors (Lipinski definition) is 2. The van der Waals surface area contributed by atoms with Gasteiger partial charge in [0.2, 0.25) is 5.91 Å². The van der Waals surface area contributed by atoms with E-state index in [9.17, 15) is 22.4 Å². The van der Waals surface area contributed by atoms with Crippen molar-refractivity contribution in [3.05, 3.63) is 77.4 Å². The van der Waals surface area contributed by atoms with Gasteiger partial charge in [0.25, 0.3) is 15.9 Å². The summed E-state index contributed by atoms with van der Waals surface area (Å²) in [5.41, 5.74) is 0.612. The second-order valence-electron chi connectivity index (χ2n) is 7.12. The first-order valence-corrected chi connectivity index (χ1v) is 12.6. The van der Waals surface area contributed by atoms with Crippen molar-refractivity contribution in [3.8, 4) is 0 Å². The highest BCUT2D eigenvalue weighted by Crippen LogP contribution is 2.27. The molecule has 34 heavy (non-hydrogen) atoms. The van der Waals surface area contributed by atoms with Crippen molar-refractivity contribution >= 4 is 44.5 Å². The van der Waals surface area contributed by atoms with Crippen molar-refractivity contribution in [2.24, 2.45) is 0 Å². The van der Waals surface area contributed by atoms with E-state index in [1.54, 1.807) is 42.8 Å². The highest BCUT2D eigenvalue weighted by atomic mass is 32.2. The molecular weight excluding hydrogens is 481 g/mol. The number of benzene rings is 2. The summed E-state index contributed by atoms with van der Waals surface area (Å²) in [4.78, 5) is 25.5. The monoisotopic (exact) mass is 505 g/mol. The fourth-order valence-electron chi connectivity index (χ4n) is 3.07. The van der Waals surface area contributed by atoms with E-state index in [2.05, 4.69) is 10.6 Å². The number of carbonyl (C=O) groups is 2. The Morgan fingerprint density at radius 1 is 1.06 bits per heavy atom. The van der Waals surface area contributed by atoms with E-state index in [0.29, 0.717) is 19.6 Å². The molecular formula is C23H24FN3O5S2. The Labute approximate surface area is 201 Å². The lowest BCUT2D eigenvalue weighted by atomic mass is 10.1. The van der Waals surface area contributed by atoms with Crippen LogP contribution in [0.2, 0.25) is 0 Å². The highest BCUT2D eigenvalue weighted by Gasteiger charge is 2.28. The summed E-state index contributed by atoms with van der Waals surface area (Å²) in [6.45, 7) is 0.318. The van der Waals surface area contributed by atoms with Gasteiger partial charge in [0.1, 0.15) is 16.6 Å². The number of anilines is 2. The van der Waals surface area contributed by atoms with E-state index in [-0.39, 0.29) is 27.1 Å². The predicted octanol–water partition coefficient (Wildman–Crippen LogP) is 3.49. The van der Waals surface area contributed by atoms with E-state index in [1.165, 1.54) is 18.2 Å². The van der Waals surface area contributed by atoms with Gasteiger partial charge in [0.05, 0.1) is 16.9 Å². The molecule has 180 valence electrons. The average Bonchev–Trinajstić information content (AvgIpc) is 3.37. The third-order valence-corrected chi connectivity index (χ3v) is 7.84. The molecule has 3 aromatic rings. The SMILES string of the molecule is COCCCNC(=O)c1ccccc1NC(=O)CN(c1ccc(F)cc1)S(=O)(=O)c1cccs1. The predicted molar refractivity (Wildman–Crippen MR) is 129 cm³/mol. The van der Waals surface area contributed by atoms with E-state index in [4.69, 9.17) is 4.74 Å². The van der Waals surface area contributed by atoms with Crippen LogP contribution < -0.4 is 14.9 Å². The summed E-state index contributed by atoms with van der Waals surface area (Å²) in [7, 11) is -2.51. The van der Waals surface area contributed by atoms with Crippen LogP contribution in [0.3, 0.4) is 0 Å². The minimum absolute atomic E-state index is 0.0421. The van der Waals surface area contributed by atoms with Crippen LogP contribution in [0.15, 0.2) is 70.3 Å². The Morgan fingerprint density at radius 2 is 1.79 bits per heavy atom. The Balaban J connectivity index is 1.81. The summed E-state index contributed by atoms with van der Waals surface area (Å²) in [6.07, 6.45) is 0.629. The second-order valence-corrected chi connectivity index (χ2v) is 10.2. The van der Waals surface area contributed by atoms with E-state index in [0.717, 1.165) is 27.8 Å². The normalized spacial score (nSPS) is 11.1. The number of hydrogen-bond acceptors (Lipinski definition) is 6. The zero-order valence-corrected chi connectivity index (χ0v) is 20.0. The summed E-state index contributed by atoms with van der Waals surface area (Å²) >= 11 is 1.01. The van der Waals surface area contributed by atoms with Crippen LogP contribution in [-0.2, 0) is 19.6 Å². The van der Waals surface area contributed by atoms with Crippen molar-refractivity contribution in [1.82, 2.24) is 5.32 Å². The number of halogens is 1. The van der Waals surface area contributed by atoms with Gasteiger partial charge in [0.15, 0.2) is 0 Å². The Kier molecular flexibility index (Phi) is 8.74. The standard InChI is InChI=1S/C23H24FN3O5S2/c1-32-14-5-13-25-23(29)19-6-2-3-7-20(19)26-21(28)16-27(18-11-9-17(24)10-12-18)34(30,31)22-8-4-15-33-22/h2-4,6-12,15H,5,13-14,16H2,1H3,(H,25,29)(H,26,28). The number of nitrogens with zero attached hydrogens (tertiary/aromatic N) is 1. The van der Waals surface area contributed by atoms with Crippen molar-refractivity contribution in [3.63, 3.8) is 0 Å². The molecule has 0 bridgehead atoms. The average molecular weight is 506 g/mol. The Morgan fingerprint density at radius 3 is 2.47 bits per heavy atom. The molecule has 0 saturated heterocycles. The lowest BCUT2D eigenvalue weighted by molar-refractivity contribution is -0.114. The molecule has 2 amide bonds. The summed E-state index contributed by atoms with van der Waals surface area (Å²) in [5.74, 6) is -1.58. The number of amides is 2. The molecule has 0 fully saturated rings. The van der Waals surface area contributed by atoms with Gasteiger partial charge in [-0.3, -0.25) is 13.9 Å². The largest absolute Gasteiger partial charge is 0.385 e. The number of rotatable bonds is 11. The molecule has 0 spiro atoms. The minimum atomic E-state index is -4.08.